The van der Waals surface area contributed by atoms with Gasteiger partial charge in [-0.25, -0.2) is 0 Å². The molecular formula is C14H18N2O4. The van der Waals surface area contributed by atoms with Gasteiger partial charge in [-0.05, 0) is 24.3 Å². The third kappa shape index (κ3) is 3.72. The molecule has 1 amide bonds. The smallest absolute Gasteiger partial charge is 0.242 e. The van der Waals surface area contributed by atoms with E-state index in [0.29, 0.717) is 24.6 Å². The monoisotopic (exact) mass is 278 g/mol. The zero-order valence-electron chi connectivity index (χ0n) is 11.3. The molecule has 0 radical (unpaired) electrons. The van der Waals surface area contributed by atoms with E-state index in [1.807, 2.05) is 12.1 Å². The van der Waals surface area contributed by atoms with E-state index in [1.54, 1.807) is 29.6 Å². The molecule has 20 heavy (non-hydrogen) atoms. The number of carbonyl (C=O) groups is 1. The number of ether oxygens (including phenoxy) is 1. The van der Waals surface area contributed by atoms with Crippen molar-refractivity contribution in [1.82, 2.24) is 4.90 Å². The van der Waals surface area contributed by atoms with Crippen molar-refractivity contribution in [1.29, 1.82) is 0 Å². The highest BCUT2D eigenvalue weighted by molar-refractivity contribution is 5.81. The Morgan fingerprint density at radius 2 is 1.80 bits per heavy atom. The summed E-state index contributed by atoms with van der Waals surface area (Å²) < 4.78 is 15.5. The van der Waals surface area contributed by atoms with Crippen LogP contribution in [-0.4, -0.2) is 30.6 Å². The van der Waals surface area contributed by atoms with Crippen LogP contribution in [0.3, 0.4) is 0 Å². The average Bonchev–Trinajstić information content (AvgIpc) is 3.10. The summed E-state index contributed by atoms with van der Waals surface area (Å²) in [6.07, 6.45) is 3.14. The first-order chi connectivity index (χ1) is 9.70. The number of nitrogens with zero attached hydrogens (tertiary/aromatic N) is 1. The van der Waals surface area contributed by atoms with Crippen LogP contribution in [0.15, 0.2) is 45.6 Å². The molecule has 6 heteroatoms. The van der Waals surface area contributed by atoms with Gasteiger partial charge in [-0.15, -0.1) is 0 Å². The Bertz CT molecular complexity index is 471. The van der Waals surface area contributed by atoms with E-state index in [4.69, 9.17) is 19.3 Å². The first-order valence-corrected chi connectivity index (χ1v) is 6.28. The number of furan rings is 2. The lowest BCUT2D eigenvalue weighted by atomic mass is 10.2. The first kappa shape index (κ1) is 14.4. The fourth-order valence-electron chi connectivity index (χ4n) is 1.88. The summed E-state index contributed by atoms with van der Waals surface area (Å²) in [7, 11) is 1.51. The zero-order chi connectivity index (χ0) is 14.4. The molecule has 2 heterocycles. The van der Waals surface area contributed by atoms with Crippen LogP contribution in [-0.2, 0) is 22.6 Å². The van der Waals surface area contributed by atoms with Gasteiger partial charge in [-0.2, -0.15) is 0 Å². The predicted molar refractivity (Wildman–Crippen MR) is 71.5 cm³/mol. The van der Waals surface area contributed by atoms with Gasteiger partial charge < -0.3 is 24.2 Å². The molecule has 108 valence electrons. The van der Waals surface area contributed by atoms with Gasteiger partial charge in [0, 0.05) is 7.11 Å². The lowest BCUT2D eigenvalue weighted by Crippen LogP contribution is -2.45. The summed E-state index contributed by atoms with van der Waals surface area (Å²) in [5.74, 6) is 1.17. The molecule has 2 rings (SSSR count). The van der Waals surface area contributed by atoms with Crippen molar-refractivity contribution in [2.75, 3.05) is 13.7 Å². The predicted octanol–water partition coefficient (Wildman–Crippen LogP) is 1.38. The van der Waals surface area contributed by atoms with Gasteiger partial charge >= 0.3 is 0 Å². The van der Waals surface area contributed by atoms with Gasteiger partial charge in [0.15, 0.2) is 0 Å². The number of amides is 1. The molecule has 0 saturated heterocycles. The van der Waals surface area contributed by atoms with Gasteiger partial charge in [-0.1, -0.05) is 0 Å². The van der Waals surface area contributed by atoms with Crippen LogP contribution in [0.4, 0.5) is 0 Å². The number of carbonyl (C=O) groups excluding carboxylic acids is 1. The van der Waals surface area contributed by atoms with E-state index in [-0.39, 0.29) is 12.5 Å². The first-order valence-electron chi connectivity index (χ1n) is 6.28. The van der Waals surface area contributed by atoms with Crippen LogP contribution in [0.25, 0.3) is 0 Å². The Morgan fingerprint density at radius 1 is 1.25 bits per heavy atom. The van der Waals surface area contributed by atoms with Crippen molar-refractivity contribution < 1.29 is 18.4 Å². The van der Waals surface area contributed by atoms with Gasteiger partial charge in [-0.3, -0.25) is 4.79 Å². The van der Waals surface area contributed by atoms with Gasteiger partial charge in [0.05, 0.1) is 32.2 Å². The molecule has 0 aliphatic heterocycles. The van der Waals surface area contributed by atoms with Crippen molar-refractivity contribution in [3.05, 3.63) is 48.3 Å². The molecule has 6 nitrogen and oxygen atoms in total. The van der Waals surface area contributed by atoms with E-state index in [2.05, 4.69) is 0 Å². The highest BCUT2D eigenvalue weighted by Crippen LogP contribution is 2.12. The molecule has 0 bridgehead atoms. The molecule has 0 aliphatic carbocycles. The van der Waals surface area contributed by atoms with E-state index in [0.717, 1.165) is 0 Å². The maximum Gasteiger partial charge on any atom is 0.242 e. The molecule has 0 fully saturated rings. The Hall–Kier alpha value is -2.05. The van der Waals surface area contributed by atoms with Crippen molar-refractivity contribution in [3.8, 4) is 0 Å². The molecule has 0 saturated carbocycles. The SMILES string of the molecule is COCC(N)C(=O)N(Cc1ccco1)Cc1ccco1. The van der Waals surface area contributed by atoms with Crippen molar-refractivity contribution >= 4 is 5.91 Å². The fourth-order valence-corrected chi connectivity index (χ4v) is 1.88. The molecule has 2 aromatic rings. The maximum absolute atomic E-state index is 12.3. The van der Waals surface area contributed by atoms with Crippen molar-refractivity contribution in [3.63, 3.8) is 0 Å². The third-order valence-electron chi connectivity index (χ3n) is 2.83. The molecule has 1 unspecified atom stereocenters. The zero-order valence-corrected chi connectivity index (χ0v) is 11.3. The Morgan fingerprint density at radius 3 is 2.20 bits per heavy atom. The van der Waals surface area contributed by atoms with E-state index in [1.165, 1.54) is 7.11 Å². The van der Waals surface area contributed by atoms with E-state index < -0.39 is 6.04 Å². The number of nitrogens with two attached hydrogens (primary N) is 1. The number of hydrogen-bond acceptors (Lipinski definition) is 5. The molecule has 0 aromatic carbocycles. The third-order valence-corrected chi connectivity index (χ3v) is 2.83. The van der Waals surface area contributed by atoms with E-state index >= 15 is 0 Å². The van der Waals surface area contributed by atoms with Crippen LogP contribution >= 0.6 is 0 Å². The van der Waals surface area contributed by atoms with Crippen LogP contribution < -0.4 is 5.73 Å². The summed E-state index contributed by atoms with van der Waals surface area (Å²) in [5.41, 5.74) is 5.81. The number of rotatable bonds is 7. The molecule has 2 aromatic heterocycles. The van der Waals surface area contributed by atoms with Crippen LogP contribution in [0.2, 0.25) is 0 Å². The van der Waals surface area contributed by atoms with Crippen molar-refractivity contribution in [2.45, 2.75) is 19.1 Å². The minimum atomic E-state index is -0.704. The Balaban J connectivity index is 2.08. The molecule has 0 spiro atoms. The molecule has 2 N–H and O–H groups in total. The summed E-state index contributed by atoms with van der Waals surface area (Å²) in [5, 5.41) is 0. The Kier molecular flexibility index (Phi) is 4.97. The summed E-state index contributed by atoms with van der Waals surface area (Å²) >= 11 is 0. The Labute approximate surface area is 117 Å². The van der Waals surface area contributed by atoms with Crippen molar-refractivity contribution in [2.24, 2.45) is 5.73 Å². The fraction of sp³-hybridized carbons (Fsp3) is 0.357. The summed E-state index contributed by atoms with van der Waals surface area (Å²) in [6.45, 7) is 0.847. The topological polar surface area (TPSA) is 81.8 Å². The minimum absolute atomic E-state index is 0.172. The molecule has 1 atom stereocenters. The number of methoxy groups -OCH3 is 1. The largest absolute Gasteiger partial charge is 0.467 e. The summed E-state index contributed by atoms with van der Waals surface area (Å²) in [6, 6.07) is 6.47. The van der Waals surface area contributed by atoms with Gasteiger partial charge in [0.1, 0.15) is 17.6 Å². The second-order valence-corrected chi connectivity index (χ2v) is 4.41. The van der Waals surface area contributed by atoms with Crippen LogP contribution in [0.1, 0.15) is 11.5 Å². The van der Waals surface area contributed by atoms with Crippen LogP contribution in [0, 0.1) is 0 Å². The van der Waals surface area contributed by atoms with E-state index in [9.17, 15) is 4.79 Å². The molecule has 0 aliphatic rings. The maximum atomic E-state index is 12.3. The summed E-state index contributed by atoms with van der Waals surface area (Å²) in [4.78, 5) is 13.9. The van der Waals surface area contributed by atoms with Gasteiger partial charge in [0.2, 0.25) is 5.91 Å². The highest BCUT2D eigenvalue weighted by Gasteiger charge is 2.23. The second kappa shape index (κ2) is 6.93. The standard InChI is InChI=1S/C14H18N2O4/c1-18-10-13(15)14(17)16(8-11-4-2-6-19-11)9-12-5-3-7-20-12/h2-7,13H,8-10,15H2,1H3. The molecular weight excluding hydrogens is 260 g/mol. The lowest BCUT2D eigenvalue weighted by Gasteiger charge is -2.23. The lowest BCUT2D eigenvalue weighted by molar-refractivity contribution is -0.135. The quantitative estimate of drug-likeness (QED) is 0.827. The average molecular weight is 278 g/mol. The normalized spacial score (nSPS) is 12.3. The van der Waals surface area contributed by atoms with Crippen LogP contribution in [0.5, 0.6) is 0 Å². The number of hydrogen-bond donors (Lipinski definition) is 1. The highest BCUT2D eigenvalue weighted by atomic mass is 16.5. The van der Waals surface area contributed by atoms with Gasteiger partial charge in [0.25, 0.3) is 0 Å². The second-order valence-electron chi connectivity index (χ2n) is 4.41. The minimum Gasteiger partial charge on any atom is -0.467 e.